The smallest absolute Gasteiger partial charge is 0.159 e. The van der Waals surface area contributed by atoms with Gasteiger partial charge in [-0.3, -0.25) is 4.79 Å². The van der Waals surface area contributed by atoms with E-state index in [1.165, 1.54) is 31.2 Å². The average Bonchev–Trinajstić information content (AvgIpc) is 3.81. The highest BCUT2D eigenvalue weighted by Crippen LogP contribution is 2.69. The molecule has 13 atom stereocenters. The zero-order chi connectivity index (χ0) is 33.7. The van der Waals surface area contributed by atoms with Crippen LogP contribution in [-0.4, -0.2) is 63.3 Å². The maximum atomic E-state index is 14.2. The summed E-state index contributed by atoms with van der Waals surface area (Å²) in [5.74, 6) is 1.24. The molecule has 1 saturated heterocycles. The topological polar surface area (TPSA) is 96.2 Å². The second-order valence-electron chi connectivity index (χ2n) is 18.0. The summed E-state index contributed by atoms with van der Waals surface area (Å²) in [5.41, 5.74) is -1.81. The van der Waals surface area contributed by atoms with Gasteiger partial charge in [-0.25, -0.2) is 0 Å². The minimum absolute atomic E-state index is 0.110. The third kappa shape index (κ3) is 4.78. The molecule has 4 saturated carbocycles. The molecule has 1 aromatic rings. The first kappa shape index (κ1) is 33.3. The molecule has 8 rings (SSSR count). The summed E-state index contributed by atoms with van der Waals surface area (Å²) in [5, 5.41) is 37.0. The summed E-state index contributed by atoms with van der Waals surface area (Å²) < 4.78 is 12.9. The van der Waals surface area contributed by atoms with E-state index >= 15 is 0 Å². The average molecular weight is 659 g/mol. The lowest BCUT2D eigenvalue weighted by Crippen LogP contribution is -2.63. The van der Waals surface area contributed by atoms with Gasteiger partial charge >= 0.3 is 0 Å². The molecule has 0 unspecified atom stereocenters. The summed E-state index contributed by atoms with van der Waals surface area (Å²) in [6, 6.07) is 10.5. The third-order valence-corrected chi connectivity index (χ3v) is 15.9. The minimum Gasteiger partial charge on any atom is -0.387 e. The molecule has 0 bridgehead atoms. The molecule has 2 aliphatic heterocycles. The molecule has 5 fully saturated rings. The number of rotatable bonds is 5. The summed E-state index contributed by atoms with van der Waals surface area (Å²) in [6.07, 6.45) is 15.1. The van der Waals surface area contributed by atoms with Crippen molar-refractivity contribution in [1.29, 1.82) is 0 Å². The summed E-state index contributed by atoms with van der Waals surface area (Å²) in [6.45, 7) is 9.65. The fourth-order valence-corrected chi connectivity index (χ4v) is 12.7. The van der Waals surface area contributed by atoms with E-state index in [-0.39, 0.29) is 40.8 Å². The Morgan fingerprint density at radius 3 is 2.42 bits per heavy atom. The van der Waals surface area contributed by atoms with Gasteiger partial charge in [0, 0.05) is 17.3 Å². The Morgan fingerprint density at radius 2 is 1.71 bits per heavy atom. The van der Waals surface area contributed by atoms with Crippen molar-refractivity contribution >= 4 is 5.78 Å². The van der Waals surface area contributed by atoms with Crippen molar-refractivity contribution in [2.75, 3.05) is 13.2 Å². The van der Waals surface area contributed by atoms with Crippen LogP contribution in [0.1, 0.15) is 110 Å². The predicted octanol–water partition coefficient (Wildman–Crippen LogP) is 6.92. The number of ketones is 1. The van der Waals surface area contributed by atoms with E-state index in [9.17, 15) is 20.1 Å². The lowest BCUT2D eigenvalue weighted by molar-refractivity contribution is -0.194. The lowest BCUT2D eigenvalue weighted by Gasteiger charge is -2.61. The van der Waals surface area contributed by atoms with Gasteiger partial charge < -0.3 is 24.8 Å². The summed E-state index contributed by atoms with van der Waals surface area (Å²) in [4.78, 5) is 14.2. The van der Waals surface area contributed by atoms with Crippen molar-refractivity contribution in [2.45, 2.75) is 133 Å². The Morgan fingerprint density at radius 1 is 0.958 bits per heavy atom. The van der Waals surface area contributed by atoms with Crippen LogP contribution in [0.5, 0.6) is 0 Å². The van der Waals surface area contributed by atoms with Gasteiger partial charge in [-0.15, -0.1) is 0 Å². The maximum Gasteiger partial charge on any atom is 0.159 e. The standard InChI is InChI=1S/C42H58O6/c1-26-30(28-12-8-9-13-28)25-47-36(26)37(44)40(4,45)35-16-19-42(46)32-22-34(43)33-23-41(18-14-29(24-48-41)27-10-6-5-7-11-27)21-20-38(33,2)31(32)15-17-39(35,42)3/h5-7,10-11,14,18,22,26,28-31,33,35-37,44-46H,8-9,12-13,15-17,19-21,23-25H2,1-4H3/t26-,29+,30-,31+,33+,35+,36-,37+,38+,39+,40-,41-,42-/m0/s1. The second kappa shape index (κ2) is 11.6. The number of fused-ring (bicyclic) bond motifs is 5. The highest BCUT2D eigenvalue weighted by molar-refractivity contribution is 5.95. The molecule has 0 aromatic heterocycles. The number of hydrogen-bond acceptors (Lipinski definition) is 6. The van der Waals surface area contributed by atoms with Gasteiger partial charge in [0.1, 0.15) is 6.10 Å². The van der Waals surface area contributed by atoms with Crippen LogP contribution in [-0.2, 0) is 14.3 Å². The van der Waals surface area contributed by atoms with Crippen LogP contribution in [0.2, 0.25) is 0 Å². The fourth-order valence-electron chi connectivity index (χ4n) is 12.7. The van der Waals surface area contributed by atoms with Crippen molar-refractivity contribution in [3.63, 3.8) is 0 Å². The van der Waals surface area contributed by atoms with Crippen molar-refractivity contribution in [2.24, 2.45) is 46.3 Å². The van der Waals surface area contributed by atoms with Gasteiger partial charge in [-0.05, 0) is 104 Å². The maximum absolute atomic E-state index is 14.2. The van der Waals surface area contributed by atoms with Gasteiger partial charge in [-0.2, -0.15) is 0 Å². The van der Waals surface area contributed by atoms with E-state index in [1.54, 1.807) is 6.92 Å². The molecule has 7 aliphatic rings. The van der Waals surface area contributed by atoms with Crippen molar-refractivity contribution < 1.29 is 29.6 Å². The first-order valence-corrected chi connectivity index (χ1v) is 19.2. The largest absolute Gasteiger partial charge is 0.387 e. The Bertz CT molecular complexity index is 1460. The van der Waals surface area contributed by atoms with E-state index < -0.39 is 34.4 Å². The number of carbonyl (C=O) groups is 1. The molecular formula is C42H58O6. The van der Waals surface area contributed by atoms with Crippen molar-refractivity contribution in [3.8, 4) is 0 Å². The molecule has 5 aliphatic carbocycles. The van der Waals surface area contributed by atoms with Gasteiger partial charge in [0.25, 0.3) is 0 Å². The lowest BCUT2D eigenvalue weighted by atomic mass is 9.45. The number of benzene rings is 1. The van der Waals surface area contributed by atoms with E-state index in [0.29, 0.717) is 44.3 Å². The number of hydrogen-bond donors (Lipinski definition) is 3. The van der Waals surface area contributed by atoms with Crippen LogP contribution in [0.3, 0.4) is 0 Å². The molecule has 0 amide bonds. The van der Waals surface area contributed by atoms with Crippen LogP contribution < -0.4 is 0 Å². The molecule has 0 radical (unpaired) electrons. The van der Waals surface area contributed by atoms with Gasteiger partial charge in [0.15, 0.2) is 5.78 Å². The quantitative estimate of drug-likeness (QED) is 0.297. The monoisotopic (exact) mass is 658 g/mol. The normalized spacial score (nSPS) is 47.7. The Labute approximate surface area is 287 Å². The number of aliphatic hydroxyl groups excluding tert-OH is 1. The zero-order valence-electron chi connectivity index (χ0n) is 29.6. The van der Waals surface area contributed by atoms with Gasteiger partial charge in [-0.1, -0.05) is 88.9 Å². The molecule has 1 aromatic carbocycles. The molecular weight excluding hydrogens is 600 g/mol. The highest BCUT2D eigenvalue weighted by Gasteiger charge is 2.70. The van der Waals surface area contributed by atoms with Crippen LogP contribution in [0.15, 0.2) is 54.1 Å². The molecule has 1 spiro atoms. The van der Waals surface area contributed by atoms with E-state index in [0.717, 1.165) is 31.3 Å². The first-order valence-electron chi connectivity index (χ1n) is 19.2. The number of ether oxygens (including phenoxy) is 2. The summed E-state index contributed by atoms with van der Waals surface area (Å²) >= 11 is 0. The first-order chi connectivity index (χ1) is 22.8. The fraction of sp³-hybridized carbons (Fsp3) is 0.738. The van der Waals surface area contributed by atoms with Crippen LogP contribution in [0, 0.1) is 46.3 Å². The van der Waals surface area contributed by atoms with E-state index in [1.807, 2.05) is 12.1 Å². The predicted molar refractivity (Wildman–Crippen MR) is 185 cm³/mol. The molecule has 3 N–H and O–H groups in total. The Balaban J connectivity index is 1.02. The third-order valence-electron chi connectivity index (χ3n) is 15.9. The Hall–Kier alpha value is -1.83. The van der Waals surface area contributed by atoms with Crippen LogP contribution in [0.25, 0.3) is 0 Å². The highest BCUT2D eigenvalue weighted by atomic mass is 16.5. The number of carbonyl (C=O) groups excluding carboxylic acids is 1. The SMILES string of the molecule is C[C@@H]1[C@@H]([C@@H](O)[C@@](C)(O)[C@@H]2CC[C@]3(O)C4=CC(=O)[C@H]5C[C@]6(C=C[C@@H](c7ccccc7)CO6)CC[C@]5(C)[C@@H]4CC[C@]23C)OC[C@@H]1C1CCCC1. The molecule has 48 heavy (non-hydrogen) atoms. The van der Waals surface area contributed by atoms with Crippen LogP contribution >= 0.6 is 0 Å². The van der Waals surface area contributed by atoms with E-state index in [2.05, 4.69) is 57.2 Å². The second-order valence-corrected chi connectivity index (χ2v) is 18.0. The number of allylic oxidation sites excluding steroid dienone is 1. The Kier molecular flexibility index (Phi) is 8.05. The number of aliphatic hydroxyl groups is 3. The van der Waals surface area contributed by atoms with Gasteiger partial charge in [0.2, 0.25) is 0 Å². The minimum atomic E-state index is -1.43. The molecule has 6 heteroatoms. The zero-order valence-corrected chi connectivity index (χ0v) is 29.6. The molecule has 6 nitrogen and oxygen atoms in total. The van der Waals surface area contributed by atoms with Crippen molar-refractivity contribution in [1.82, 2.24) is 0 Å². The summed E-state index contributed by atoms with van der Waals surface area (Å²) in [7, 11) is 0. The van der Waals surface area contributed by atoms with Crippen molar-refractivity contribution in [3.05, 3.63) is 59.7 Å². The molecule has 262 valence electrons. The molecule has 2 heterocycles. The van der Waals surface area contributed by atoms with Crippen LogP contribution in [0.4, 0.5) is 0 Å². The van der Waals surface area contributed by atoms with Gasteiger partial charge in [0.05, 0.1) is 36.1 Å². The van der Waals surface area contributed by atoms with E-state index in [4.69, 9.17) is 9.47 Å².